The van der Waals surface area contributed by atoms with E-state index in [1.165, 1.54) is 18.3 Å². The number of nitriles is 1. The van der Waals surface area contributed by atoms with Crippen LogP contribution in [0.2, 0.25) is 5.02 Å². The molecule has 1 unspecified atom stereocenters. The van der Waals surface area contributed by atoms with Crippen molar-refractivity contribution in [3.8, 4) is 17.3 Å². The minimum atomic E-state index is -0.887. The fourth-order valence-electron chi connectivity index (χ4n) is 2.99. The zero-order chi connectivity index (χ0) is 21.3. The Morgan fingerprint density at radius 3 is 2.76 bits per heavy atom. The van der Waals surface area contributed by atoms with Crippen LogP contribution in [0.4, 0.5) is 4.39 Å². The van der Waals surface area contributed by atoms with E-state index in [9.17, 15) is 14.3 Å². The van der Waals surface area contributed by atoms with Crippen LogP contribution in [0.15, 0.2) is 30.6 Å². The first kappa shape index (κ1) is 20.5. The Hall–Kier alpha value is -3.22. The third-order valence-electron chi connectivity index (χ3n) is 4.40. The number of aromatic nitrogens is 4. The number of imidazole rings is 1. The van der Waals surface area contributed by atoms with Crippen LogP contribution < -0.4 is 5.73 Å². The van der Waals surface area contributed by atoms with Crippen LogP contribution in [0.5, 0.6) is 0 Å². The van der Waals surface area contributed by atoms with E-state index in [1.807, 2.05) is 6.92 Å². The standard InChI is InChI=1S/C19H18ClFN6O2/c1-10(27-9-17(18(23)29)24-19(27)11(2)28)8-26-4-3-16(25-26)12-5-14(20)13(7-22)15(21)6-12/h3-6,9-11,28H,8H2,1-2H3,(H2,23,29)/t10-,11?/m0/s1. The SMILES string of the molecule is CC(O)c1nc(C(N)=O)cn1[C@@H](C)Cn1ccc(-c2cc(F)c(C#N)c(Cl)c2)n1. The number of rotatable bonds is 6. The fourth-order valence-corrected chi connectivity index (χ4v) is 3.24. The predicted molar refractivity (Wildman–Crippen MR) is 103 cm³/mol. The highest BCUT2D eigenvalue weighted by atomic mass is 35.5. The van der Waals surface area contributed by atoms with Crippen molar-refractivity contribution in [2.75, 3.05) is 0 Å². The summed E-state index contributed by atoms with van der Waals surface area (Å²) < 4.78 is 17.3. The maximum atomic E-state index is 14.0. The summed E-state index contributed by atoms with van der Waals surface area (Å²) in [6.07, 6.45) is 2.32. The van der Waals surface area contributed by atoms with Crippen LogP contribution >= 0.6 is 11.6 Å². The third kappa shape index (κ3) is 4.13. The summed E-state index contributed by atoms with van der Waals surface area (Å²) in [5.41, 5.74) is 6.08. The molecule has 0 radical (unpaired) electrons. The van der Waals surface area contributed by atoms with Gasteiger partial charge in [0.2, 0.25) is 0 Å². The van der Waals surface area contributed by atoms with Crippen molar-refractivity contribution in [3.05, 3.63) is 58.5 Å². The van der Waals surface area contributed by atoms with Gasteiger partial charge in [0.1, 0.15) is 35.1 Å². The molecular formula is C19H18ClFN6O2. The van der Waals surface area contributed by atoms with Crippen LogP contribution in [0.25, 0.3) is 11.3 Å². The number of aliphatic hydroxyl groups is 1. The van der Waals surface area contributed by atoms with Crippen LogP contribution in [-0.4, -0.2) is 30.3 Å². The lowest BCUT2D eigenvalue weighted by atomic mass is 10.1. The highest BCUT2D eigenvalue weighted by Crippen LogP contribution is 2.27. The maximum absolute atomic E-state index is 14.0. The molecule has 1 amide bonds. The zero-order valence-electron chi connectivity index (χ0n) is 15.7. The Labute approximate surface area is 171 Å². The number of primary amides is 1. The summed E-state index contributed by atoms with van der Waals surface area (Å²) in [6.45, 7) is 3.81. The second kappa shape index (κ2) is 8.03. The van der Waals surface area contributed by atoms with Crippen LogP contribution in [0.1, 0.15) is 47.9 Å². The number of hydrogen-bond acceptors (Lipinski definition) is 5. The van der Waals surface area contributed by atoms with Crippen molar-refractivity contribution in [2.24, 2.45) is 5.73 Å². The molecule has 0 saturated heterocycles. The fraction of sp³-hybridized carbons (Fsp3) is 0.263. The number of benzene rings is 1. The van der Waals surface area contributed by atoms with Crippen molar-refractivity contribution in [1.82, 2.24) is 19.3 Å². The van der Waals surface area contributed by atoms with Gasteiger partial charge in [-0.15, -0.1) is 0 Å². The van der Waals surface area contributed by atoms with Crippen molar-refractivity contribution in [2.45, 2.75) is 32.5 Å². The molecule has 0 saturated carbocycles. The van der Waals surface area contributed by atoms with E-state index in [1.54, 1.807) is 34.5 Å². The average Bonchev–Trinajstić information content (AvgIpc) is 3.28. The molecule has 0 aliphatic carbocycles. The number of nitrogens with two attached hydrogens (primary N) is 1. The molecule has 2 atom stereocenters. The lowest BCUT2D eigenvalue weighted by Gasteiger charge is -2.17. The number of nitrogens with zero attached hydrogens (tertiary/aromatic N) is 5. The molecule has 0 aliphatic rings. The number of hydrogen-bond donors (Lipinski definition) is 2. The Morgan fingerprint density at radius 1 is 1.45 bits per heavy atom. The van der Waals surface area contributed by atoms with Gasteiger partial charge in [-0.05, 0) is 32.0 Å². The van der Waals surface area contributed by atoms with Crippen LogP contribution in [-0.2, 0) is 6.54 Å². The normalized spacial score (nSPS) is 13.1. The highest BCUT2D eigenvalue weighted by molar-refractivity contribution is 6.32. The largest absolute Gasteiger partial charge is 0.385 e. The highest BCUT2D eigenvalue weighted by Gasteiger charge is 2.20. The van der Waals surface area contributed by atoms with Gasteiger partial charge in [-0.2, -0.15) is 10.4 Å². The summed E-state index contributed by atoms with van der Waals surface area (Å²) in [5, 5.41) is 23.3. The van der Waals surface area contributed by atoms with Crippen molar-refractivity contribution in [3.63, 3.8) is 0 Å². The van der Waals surface area contributed by atoms with Gasteiger partial charge in [0.25, 0.3) is 5.91 Å². The van der Waals surface area contributed by atoms with E-state index in [2.05, 4.69) is 10.1 Å². The molecule has 3 rings (SSSR count). The summed E-state index contributed by atoms with van der Waals surface area (Å²) in [5.74, 6) is -1.07. The molecule has 1 aromatic carbocycles. The number of halogens is 2. The first-order chi connectivity index (χ1) is 13.7. The van der Waals surface area contributed by atoms with Gasteiger partial charge in [-0.25, -0.2) is 9.37 Å². The van der Waals surface area contributed by atoms with E-state index in [-0.39, 0.29) is 22.3 Å². The third-order valence-corrected chi connectivity index (χ3v) is 4.70. The smallest absolute Gasteiger partial charge is 0.268 e. The minimum absolute atomic E-state index is 0.0180. The van der Waals surface area contributed by atoms with Gasteiger partial charge in [0, 0.05) is 18.0 Å². The van der Waals surface area contributed by atoms with Crippen molar-refractivity contribution >= 4 is 17.5 Å². The average molecular weight is 417 g/mol. The van der Waals surface area contributed by atoms with Crippen molar-refractivity contribution in [1.29, 1.82) is 5.26 Å². The van der Waals surface area contributed by atoms with Crippen LogP contribution in [0, 0.1) is 17.1 Å². The Bertz CT molecular complexity index is 1090. The molecule has 0 aliphatic heterocycles. The van der Waals surface area contributed by atoms with Crippen molar-refractivity contribution < 1.29 is 14.3 Å². The van der Waals surface area contributed by atoms with Gasteiger partial charge >= 0.3 is 0 Å². The molecular weight excluding hydrogens is 399 g/mol. The van der Waals surface area contributed by atoms with E-state index in [0.717, 1.165) is 0 Å². The first-order valence-electron chi connectivity index (χ1n) is 8.70. The second-order valence-corrected chi connectivity index (χ2v) is 7.04. The molecule has 8 nitrogen and oxygen atoms in total. The van der Waals surface area contributed by atoms with Gasteiger partial charge in [-0.3, -0.25) is 9.48 Å². The lowest BCUT2D eigenvalue weighted by molar-refractivity contribution is 0.0995. The second-order valence-electron chi connectivity index (χ2n) is 6.63. The maximum Gasteiger partial charge on any atom is 0.268 e. The lowest BCUT2D eigenvalue weighted by Crippen LogP contribution is -2.16. The molecule has 2 aromatic heterocycles. The van der Waals surface area contributed by atoms with E-state index >= 15 is 0 Å². The molecule has 3 aromatic rings. The Balaban J connectivity index is 1.86. The number of carbonyl (C=O) groups is 1. The molecule has 29 heavy (non-hydrogen) atoms. The first-order valence-corrected chi connectivity index (χ1v) is 9.08. The van der Waals surface area contributed by atoms with Gasteiger partial charge in [0.15, 0.2) is 0 Å². The molecule has 10 heteroatoms. The molecule has 0 spiro atoms. The molecule has 150 valence electrons. The Kier molecular flexibility index (Phi) is 5.68. The summed E-state index contributed by atoms with van der Waals surface area (Å²) >= 11 is 5.96. The summed E-state index contributed by atoms with van der Waals surface area (Å²) in [7, 11) is 0. The topological polar surface area (TPSA) is 123 Å². The minimum Gasteiger partial charge on any atom is -0.385 e. The molecule has 2 heterocycles. The van der Waals surface area contributed by atoms with Gasteiger partial charge in [0.05, 0.1) is 23.3 Å². The summed E-state index contributed by atoms with van der Waals surface area (Å²) in [6, 6.07) is 5.90. The van der Waals surface area contributed by atoms with Gasteiger partial charge < -0.3 is 15.4 Å². The quantitative estimate of drug-likeness (QED) is 0.639. The van der Waals surface area contributed by atoms with E-state index < -0.39 is 17.8 Å². The monoisotopic (exact) mass is 416 g/mol. The zero-order valence-corrected chi connectivity index (χ0v) is 16.4. The number of aliphatic hydroxyl groups excluding tert-OH is 1. The predicted octanol–water partition coefficient (Wildman–Crippen LogP) is 2.82. The van der Waals surface area contributed by atoms with Crippen LogP contribution in [0.3, 0.4) is 0 Å². The summed E-state index contributed by atoms with van der Waals surface area (Å²) in [4.78, 5) is 15.5. The molecule has 0 fully saturated rings. The molecule has 0 bridgehead atoms. The van der Waals surface area contributed by atoms with E-state index in [0.29, 0.717) is 23.6 Å². The van der Waals surface area contributed by atoms with Gasteiger partial charge in [-0.1, -0.05) is 11.6 Å². The Morgan fingerprint density at radius 2 is 2.17 bits per heavy atom. The molecule has 3 N–H and O–H groups in total. The number of carbonyl (C=O) groups excluding carboxylic acids is 1. The van der Waals surface area contributed by atoms with E-state index in [4.69, 9.17) is 22.6 Å². The number of amides is 1.